The molecule has 2 aromatic rings. The number of nitrogens with zero attached hydrogens (tertiary/aromatic N) is 1. The molecule has 27 heavy (non-hydrogen) atoms. The molecule has 1 aliphatic heterocycles. The molecule has 2 aromatic carbocycles. The van der Waals surface area contributed by atoms with Crippen molar-refractivity contribution in [3.8, 4) is 5.75 Å². The minimum absolute atomic E-state index is 0.303. The van der Waals surface area contributed by atoms with Crippen LogP contribution in [0.4, 0.5) is 4.79 Å². The number of halogens is 1. The maximum atomic E-state index is 12.3. The zero-order chi connectivity index (χ0) is 19.8. The lowest BCUT2D eigenvalue weighted by Gasteiger charge is -2.23. The van der Waals surface area contributed by atoms with Crippen molar-refractivity contribution in [2.24, 2.45) is 0 Å². The minimum Gasteiger partial charge on any atom is -0.484 e. The highest BCUT2D eigenvalue weighted by atomic mass is 35.5. The number of carbonyl (C=O) groups excluding carboxylic acids is 1. The van der Waals surface area contributed by atoms with Crippen molar-refractivity contribution in [1.82, 2.24) is 4.90 Å². The summed E-state index contributed by atoms with van der Waals surface area (Å²) in [6.07, 6.45) is 4.48. The third-order valence-electron chi connectivity index (χ3n) is 4.06. The molecule has 4 nitrogen and oxygen atoms in total. The van der Waals surface area contributed by atoms with Crippen LogP contribution in [-0.4, -0.2) is 30.0 Å². The molecule has 0 saturated carbocycles. The fourth-order valence-electron chi connectivity index (χ4n) is 2.77. The zero-order valence-electron chi connectivity index (χ0n) is 15.8. The number of aryl methyl sites for hydroxylation is 1. The lowest BCUT2D eigenvalue weighted by molar-refractivity contribution is 0.111. The molecule has 0 N–H and O–H groups in total. The number of rotatable bonds is 2. The van der Waals surface area contributed by atoms with Gasteiger partial charge in [-0.25, -0.2) is 4.79 Å². The monoisotopic (exact) mass is 405 g/mol. The van der Waals surface area contributed by atoms with Crippen LogP contribution in [0.5, 0.6) is 5.75 Å². The van der Waals surface area contributed by atoms with E-state index in [1.807, 2.05) is 61.9 Å². The molecule has 1 heterocycles. The summed E-state index contributed by atoms with van der Waals surface area (Å²) in [5.74, 6) is 0.781. The van der Waals surface area contributed by atoms with Crippen LogP contribution in [0.15, 0.2) is 55.3 Å². The first-order valence-electron chi connectivity index (χ1n) is 8.47. The Morgan fingerprint density at radius 3 is 2.59 bits per heavy atom. The Balaban J connectivity index is 0.000000817. The summed E-state index contributed by atoms with van der Waals surface area (Å²) in [6.45, 7) is 6.26. The summed E-state index contributed by atoms with van der Waals surface area (Å²) < 4.78 is 11.2. The summed E-state index contributed by atoms with van der Waals surface area (Å²) in [7, 11) is 0. The number of fused-ring (bicyclic) bond motifs is 1. The van der Waals surface area contributed by atoms with Crippen molar-refractivity contribution < 1.29 is 14.3 Å². The molecule has 0 spiro atoms. The fourth-order valence-corrected chi connectivity index (χ4v) is 2.90. The molecule has 3 rings (SSSR count). The highest BCUT2D eigenvalue weighted by Gasteiger charge is 2.28. The maximum absolute atomic E-state index is 12.3. The van der Waals surface area contributed by atoms with Gasteiger partial charge < -0.3 is 9.47 Å². The molecule has 1 aliphatic rings. The zero-order valence-corrected chi connectivity index (χ0v) is 17.3. The quantitative estimate of drug-likeness (QED) is 0.588. The Hall–Kier alpha value is -2.11. The first kappa shape index (κ1) is 21.2. The molecule has 1 amide bonds. The number of ether oxygens (including phenoxy) is 2. The Kier molecular flexibility index (Phi) is 8.07. The molecule has 0 saturated heterocycles. The van der Waals surface area contributed by atoms with Gasteiger partial charge >= 0.3 is 6.09 Å². The predicted octanol–water partition coefficient (Wildman–Crippen LogP) is 5.84. The van der Waals surface area contributed by atoms with Gasteiger partial charge in [0.2, 0.25) is 0 Å². The van der Waals surface area contributed by atoms with E-state index in [0.29, 0.717) is 18.1 Å². The lowest BCUT2D eigenvalue weighted by Crippen LogP contribution is -2.33. The molecule has 0 fully saturated rings. The van der Waals surface area contributed by atoms with Crippen molar-refractivity contribution in [2.45, 2.75) is 19.6 Å². The van der Waals surface area contributed by atoms with E-state index in [4.69, 9.17) is 21.1 Å². The van der Waals surface area contributed by atoms with Gasteiger partial charge in [-0.15, -0.1) is 0 Å². The third kappa shape index (κ3) is 5.68. The highest BCUT2D eigenvalue weighted by Crippen LogP contribution is 2.33. The average Bonchev–Trinajstić information content (AvgIpc) is 2.84. The summed E-state index contributed by atoms with van der Waals surface area (Å²) >= 11 is 7.72. The first-order chi connectivity index (χ1) is 13.0. The molecule has 0 bridgehead atoms. The van der Waals surface area contributed by atoms with Gasteiger partial charge in [-0.1, -0.05) is 42.4 Å². The summed E-state index contributed by atoms with van der Waals surface area (Å²) in [6, 6.07) is 13.3. The van der Waals surface area contributed by atoms with Crippen molar-refractivity contribution in [3.05, 3.63) is 77.0 Å². The van der Waals surface area contributed by atoms with Crippen LogP contribution in [-0.2, 0) is 11.3 Å². The first-order valence-corrected chi connectivity index (χ1v) is 10.5. The third-order valence-corrected chi connectivity index (χ3v) is 4.31. The fraction of sp³-hybridized carbons (Fsp3) is 0.286. The van der Waals surface area contributed by atoms with Gasteiger partial charge in [-0.2, -0.15) is 11.8 Å². The van der Waals surface area contributed by atoms with Crippen molar-refractivity contribution in [1.29, 1.82) is 0 Å². The van der Waals surface area contributed by atoms with Gasteiger partial charge in [0.15, 0.2) is 0 Å². The average molecular weight is 406 g/mol. The molecule has 6 heteroatoms. The molecule has 0 aromatic heterocycles. The number of benzene rings is 2. The van der Waals surface area contributed by atoms with Crippen LogP contribution < -0.4 is 4.74 Å². The van der Waals surface area contributed by atoms with Gasteiger partial charge in [0, 0.05) is 10.6 Å². The van der Waals surface area contributed by atoms with Gasteiger partial charge in [-0.3, -0.25) is 4.90 Å². The normalized spacial score (nSPS) is 15.4. The molecule has 0 aliphatic carbocycles. The summed E-state index contributed by atoms with van der Waals surface area (Å²) in [5, 5.41) is 0.659. The van der Waals surface area contributed by atoms with Gasteiger partial charge in [0.1, 0.15) is 11.9 Å². The van der Waals surface area contributed by atoms with E-state index in [9.17, 15) is 4.79 Å². The minimum atomic E-state index is -0.441. The van der Waals surface area contributed by atoms with Gasteiger partial charge in [0.25, 0.3) is 0 Å². The number of hydrogen-bond donors (Lipinski definition) is 0. The Labute approximate surface area is 170 Å². The number of amides is 1. The highest BCUT2D eigenvalue weighted by molar-refractivity contribution is 7.97. The predicted molar refractivity (Wildman–Crippen MR) is 113 cm³/mol. The van der Waals surface area contributed by atoms with Crippen LogP contribution >= 0.6 is 23.4 Å². The van der Waals surface area contributed by atoms with E-state index in [1.165, 1.54) is 0 Å². The summed E-state index contributed by atoms with van der Waals surface area (Å²) in [4.78, 5) is 13.9. The van der Waals surface area contributed by atoms with Crippen molar-refractivity contribution in [2.75, 3.05) is 19.1 Å². The van der Waals surface area contributed by atoms with Crippen LogP contribution in [0.1, 0.15) is 22.8 Å². The van der Waals surface area contributed by atoms with E-state index < -0.39 is 6.09 Å². The Morgan fingerprint density at radius 1 is 1.30 bits per heavy atom. The number of hydrogen-bond acceptors (Lipinski definition) is 4. The molecule has 1 atom stereocenters. The van der Waals surface area contributed by atoms with Crippen molar-refractivity contribution >= 4 is 29.5 Å². The van der Waals surface area contributed by atoms with E-state index in [0.717, 1.165) is 28.7 Å². The van der Waals surface area contributed by atoms with E-state index >= 15 is 0 Å². The van der Waals surface area contributed by atoms with Crippen LogP contribution in [0.3, 0.4) is 0 Å². The van der Waals surface area contributed by atoms with Crippen LogP contribution in [0.2, 0.25) is 5.02 Å². The Morgan fingerprint density at radius 2 is 1.96 bits per heavy atom. The van der Waals surface area contributed by atoms with Crippen LogP contribution in [0.25, 0.3) is 0 Å². The number of thioether (sulfide) groups is 1. The molecular formula is C21H24ClNO3S. The second-order valence-electron chi connectivity index (χ2n) is 6.05. The van der Waals surface area contributed by atoms with Crippen molar-refractivity contribution in [3.63, 3.8) is 0 Å². The standard InChI is InChI=1S/C19H18ClNO3.C2H6S/c1-3-23-19(22)21-11-16-13(2)5-4-6-17(16)24-18(12-21)14-7-9-15(20)10-8-14;1-3-2/h3-10,18H,1,11-12H2,2H3;1-2H3. The molecule has 144 valence electrons. The van der Waals surface area contributed by atoms with E-state index in [1.54, 1.807) is 16.7 Å². The van der Waals surface area contributed by atoms with Gasteiger partial charge in [0.05, 0.1) is 19.4 Å². The number of carbonyl (C=O) groups is 1. The van der Waals surface area contributed by atoms with Crippen LogP contribution in [0, 0.1) is 6.92 Å². The molecule has 0 radical (unpaired) electrons. The second kappa shape index (κ2) is 10.3. The van der Waals surface area contributed by atoms with E-state index in [-0.39, 0.29) is 6.10 Å². The Bertz CT molecular complexity index is 779. The van der Waals surface area contributed by atoms with Gasteiger partial charge in [-0.05, 0) is 48.8 Å². The largest absolute Gasteiger partial charge is 0.484 e. The second-order valence-corrected chi connectivity index (χ2v) is 7.30. The summed E-state index contributed by atoms with van der Waals surface area (Å²) in [5.41, 5.74) is 3.00. The lowest BCUT2D eigenvalue weighted by atomic mass is 10.1. The molecular weight excluding hydrogens is 382 g/mol. The smallest absolute Gasteiger partial charge is 0.415 e. The van der Waals surface area contributed by atoms with E-state index in [2.05, 4.69) is 6.58 Å². The molecule has 1 unspecified atom stereocenters. The maximum Gasteiger partial charge on any atom is 0.415 e. The topological polar surface area (TPSA) is 38.8 Å². The SMILES string of the molecule is C=COC(=O)N1Cc2c(C)cccc2OC(c2ccc(Cl)cc2)C1.CSC.